The zero-order valence-corrected chi connectivity index (χ0v) is 17.5. The Morgan fingerprint density at radius 2 is 1.83 bits per heavy atom. The third-order valence-electron chi connectivity index (χ3n) is 4.99. The molecule has 3 rings (SSSR count). The molecule has 0 bridgehead atoms. The van der Waals surface area contributed by atoms with Gasteiger partial charge in [-0.3, -0.25) is 0 Å². The Morgan fingerprint density at radius 3 is 2.59 bits per heavy atom. The number of benzene rings is 2. The molecule has 1 aliphatic rings. The molecule has 3 atom stereocenters. The minimum atomic E-state index is -0.274. The maximum absolute atomic E-state index is 6.09. The van der Waals surface area contributed by atoms with E-state index in [2.05, 4.69) is 44.2 Å². The van der Waals surface area contributed by atoms with Crippen LogP contribution in [0.25, 0.3) is 0 Å². The maximum atomic E-state index is 6.09. The SMILES string of the molecule is CC(=C/[C@H](C)CCOCc1ccccc1)/C=C/[C@H]1CCO[C@@H](c2ccccc2)O1. The highest BCUT2D eigenvalue weighted by Gasteiger charge is 2.22. The van der Waals surface area contributed by atoms with Crippen molar-refractivity contribution in [2.75, 3.05) is 13.2 Å². The zero-order chi connectivity index (χ0) is 20.3. The lowest BCUT2D eigenvalue weighted by molar-refractivity contribution is -0.204. The van der Waals surface area contributed by atoms with Crippen LogP contribution in [0.3, 0.4) is 0 Å². The third-order valence-corrected chi connectivity index (χ3v) is 4.99. The van der Waals surface area contributed by atoms with Crippen molar-refractivity contribution in [3.8, 4) is 0 Å². The molecule has 3 heteroatoms. The largest absolute Gasteiger partial charge is 0.377 e. The lowest BCUT2D eigenvalue weighted by Gasteiger charge is -2.29. The van der Waals surface area contributed by atoms with Crippen molar-refractivity contribution in [3.05, 3.63) is 95.6 Å². The Balaban J connectivity index is 1.40. The first-order valence-corrected chi connectivity index (χ1v) is 10.5. The van der Waals surface area contributed by atoms with Gasteiger partial charge in [0.1, 0.15) is 0 Å². The molecule has 1 fully saturated rings. The van der Waals surface area contributed by atoms with Gasteiger partial charge in [-0.2, -0.15) is 0 Å². The predicted octanol–water partition coefficient (Wildman–Crippen LogP) is 6.24. The highest BCUT2D eigenvalue weighted by atomic mass is 16.7. The van der Waals surface area contributed by atoms with Gasteiger partial charge in [-0.05, 0) is 24.8 Å². The molecule has 29 heavy (non-hydrogen) atoms. The lowest BCUT2D eigenvalue weighted by atomic mass is 10.0. The van der Waals surface area contributed by atoms with E-state index in [-0.39, 0.29) is 12.4 Å². The second-order valence-corrected chi connectivity index (χ2v) is 7.65. The molecule has 154 valence electrons. The van der Waals surface area contributed by atoms with Gasteiger partial charge in [0.2, 0.25) is 0 Å². The Kier molecular flexibility index (Phi) is 8.69. The van der Waals surface area contributed by atoms with Gasteiger partial charge >= 0.3 is 0 Å². The first-order chi connectivity index (χ1) is 14.2. The molecule has 0 saturated carbocycles. The molecule has 3 nitrogen and oxygen atoms in total. The van der Waals surface area contributed by atoms with Gasteiger partial charge in [0.05, 0.1) is 19.3 Å². The van der Waals surface area contributed by atoms with Crippen LogP contribution in [0.2, 0.25) is 0 Å². The smallest absolute Gasteiger partial charge is 0.184 e. The molecule has 0 unspecified atom stereocenters. The first-order valence-electron chi connectivity index (χ1n) is 10.5. The van der Waals surface area contributed by atoms with E-state index in [1.54, 1.807) is 0 Å². The van der Waals surface area contributed by atoms with E-state index in [4.69, 9.17) is 14.2 Å². The summed E-state index contributed by atoms with van der Waals surface area (Å²) in [6.45, 7) is 6.54. The summed E-state index contributed by atoms with van der Waals surface area (Å²) in [6.07, 6.45) is 8.34. The van der Waals surface area contributed by atoms with Crippen molar-refractivity contribution in [2.24, 2.45) is 5.92 Å². The average molecular weight is 393 g/mol. The van der Waals surface area contributed by atoms with Gasteiger partial charge in [-0.1, -0.05) is 91.4 Å². The Morgan fingerprint density at radius 1 is 1.10 bits per heavy atom. The molecule has 2 aromatic rings. The molecular formula is C26H32O3. The standard InChI is InChI=1S/C26H32O3/c1-21(19-22(2)15-17-27-20-23-9-5-3-6-10-23)13-14-25-16-18-28-26(29-25)24-11-7-4-8-12-24/h3-14,19,22,25-26H,15-18,20H2,1-2H3/b14-13+,21-19-/t22-,25+,26-/m1/s1. The minimum Gasteiger partial charge on any atom is -0.377 e. The molecule has 0 radical (unpaired) electrons. The van der Waals surface area contributed by atoms with Gasteiger partial charge in [-0.25, -0.2) is 0 Å². The average Bonchev–Trinajstić information content (AvgIpc) is 2.77. The van der Waals surface area contributed by atoms with E-state index in [9.17, 15) is 0 Å². The van der Waals surface area contributed by atoms with Crippen molar-refractivity contribution < 1.29 is 14.2 Å². The molecule has 2 aromatic carbocycles. The van der Waals surface area contributed by atoms with E-state index in [0.29, 0.717) is 19.1 Å². The second-order valence-electron chi connectivity index (χ2n) is 7.65. The van der Waals surface area contributed by atoms with Crippen LogP contribution in [0.5, 0.6) is 0 Å². The Bertz CT molecular complexity index is 767. The van der Waals surface area contributed by atoms with Gasteiger partial charge in [0.15, 0.2) is 6.29 Å². The van der Waals surface area contributed by atoms with Crippen LogP contribution in [-0.4, -0.2) is 19.3 Å². The third kappa shape index (κ3) is 7.62. The van der Waals surface area contributed by atoms with E-state index < -0.39 is 0 Å². The summed E-state index contributed by atoms with van der Waals surface area (Å²) in [5, 5.41) is 0. The van der Waals surface area contributed by atoms with Crippen molar-refractivity contribution >= 4 is 0 Å². The van der Waals surface area contributed by atoms with Crippen LogP contribution in [0, 0.1) is 5.92 Å². The molecule has 1 aliphatic heterocycles. The summed E-state index contributed by atoms with van der Waals surface area (Å²) >= 11 is 0. The van der Waals surface area contributed by atoms with Crippen LogP contribution < -0.4 is 0 Å². The van der Waals surface area contributed by atoms with Crippen LogP contribution in [0.4, 0.5) is 0 Å². The highest BCUT2D eigenvalue weighted by Crippen LogP contribution is 2.26. The molecule has 1 heterocycles. The fraction of sp³-hybridized carbons (Fsp3) is 0.385. The van der Waals surface area contributed by atoms with Crippen molar-refractivity contribution in [1.82, 2.24) is 0 Å². The zero-order valence-electron chi connectivity index (χ0n) is 17.5. The molecular weight excluding hydrogens is 360 g/mol. The normalized spacial score (nSPS) is 21.4. The summed E-state index contributed by atoms with van der Waals surface area (Å²) in [4.78, 5) is 0. The molecule has 0 aliphatic carbocycles. The minimum absolute atomic E-state index is 0.0850. The summed E-state index contributed by atoms with van der Waals surface area (Å²) < 4.78 is 17.7. The summed E-state index contributed by atoms with van der Waals surface area (Å²) in [5.74, 6) is 0.475. The van der Waals surface area contributed by atoms with Crippen molar-refractivity contribution in [1.29, 1.82) is 0 Å². The maximum Gasteiger partial charge on any atom is 0.184 e. The van der Waals surface area contributed by atoms with Gasteiger partial charge < -0.3 is 14.2 Å². The summed E-state index contributed by atoms with van der Waals surface area (Å²) in [5.41, 5.74) is 3.55. The van der Waals surface area contributed by atoms with Crippen molar-refractivity contribution in [2.45, 2.75) is 45.7 Å². The summed E-state index contributed by atoms with van der Waals surface area (Å²) in [7, 11) is 0. The lowest BCUT2D eigenvalue weighted by Crippen LogP contribution is -2.25. The number of hydrogen-bond donors (Lipinski definition) is 0. The van der Waals surface area contributed by atoms with Crippen LogP contribution in [-0.2, 0) is 20.8 Å². The number of hydrogen-bond acceptors (Lipinski definition) is 3. The van der Waals surface area contributed by atoms with E-state index in [1.165, 1.54) is 11.1 Å². The number of ether oxygens (including phenoxy) is 3. The van der Waals surface area contributed by atoms with E-state index >= 15 is 0 Å². The quantitative estimate of drug-likeness (QED) is 0.374. The second kappa shape index (κ2) is 11.7. The number of rotatable bonds is 9. The molecule has 0 N–H and O–H groups in total. The fourth-order valence-electron chi connectivity index (χ4n) is 3.36. The molecule has 0 spiro atoms. The van der Waals surface area contributed by atoms with Gasteiger partial charge in [0.25, 0.3) is 0 Å². The van der Waals surface area contributed by atoms with Gasteiger partial charge in [-0.15, -0.1) is 0 Å². The van der Waals surface area contributed by atoms with Gasteiger partial charge in [0, 0.05) is 18.6 Å². The topological polar surface area (TPSA) is 27.7 Å². The van der Waals surface area contributed by atoms with Crippen LogP contribution >= 0.6 is 0 Å². The number of allylic oxidation sites excluding steroid dienone is 3. The Hall–Kier alpha value is -2.20. The summed E-state index contributed by atoms with van der Waals surface area (Å²) in [6, 6.07) is 20.4. The molecule has 0 aromatic heterocycles. The molecule has 0 amide bonds. The van der Waals surface area contributed by atoms with E-state index in [0.717, 1.165) is 25.0 Å². The first kappa shape index (κ1) is 21.5. The monoisotopic (exact) mass is 392 g/mol. The molecule has 1 saturated heterocycles. The highest BCUT2D eigenvalue weighted by molar-refractivity contribution is 5.19. The van der Waals surface area contributed by atoms with Crippen LogP contribution in [0.15, 0.2) is 84.5 Å². The predicted molar refractivity (Wildman–Crippen MR) is 117 cm³/mol. The van der Waals surface area contributed by atoms with Crippen LogP contribution in [0.1, 0.15) is 44.1 Å². The Labute approximate surface area is 175 Å². The van der Waals surface area contributed by atoms with E-state index in [1.807, 2.05) is 48.5 Å². The van der Waals surface area contributed by atoms with Crippen molar-refractivity contribution in [3.63, 3.8) is 0 Å². The fourth-order valence-corrected chi connectivity index (χ4v) is 3.36.